The average Bonchev–Trinajstić information content (AvgIpc) is 2.81. The molecule has 1 unspecified atom stereocenters. The number of carbonyl (C=O) groups excluding carboxylic acids is 1. The monoisotopic (exact) mass is 436 g/mol. The van der Waals surface area contributed by atoms with E-state index in [-0.39, 0.29) is 17.6 Å². The van der Waals surface area contributed by atoms with Crippen LogP contribution in [0.4, 0.5) is 10.5 Å². The van der Waals surface area contributed by atoms with Crippen molar-refractivity contribution >= 4 is 22.6 Å². The van der Waals surface area contributed by atoms with Crippen LogP contribution in [0.3, 0.4) is 0 Å². The highest BCUT2D eigenvalue weighted by Gasteiger charge is 2.28. The Morgan fingerprint density at radius 3 is 2.50 bits per heavy atom. The fourth-order valence-corrected chi connectivity index (χ4v) is 4.00. The van der Waals surface area contributed by atoms with Crippen molar-refractivity contribution < 1.29 is 9.53 Å². The third kappa shape index (κ3) is 4.77. The summed E-state index contributed by atoms with van der Waals surface area (Å²) in [6.07, 6.45) is 2.21. The number of amides is 2. The number of para-hydroxylation sites is 3. The zero-order chi connectivity index (χ0) is 23.1. The van der Waals surface area contributed by atoms with Crippen LogP contribution in [0.2, 0.25) is 0 Å². The molecule has 0 radical (unpaired) electrons. The summed E-state index contributed by atoms with van der Waals surface area (Å²) < 4.78 is 7.11. The van der Waals surface area contributed by atoms with E-state index in [2.05, 4.69) is 5.32 Å². The molecular weight excluding hydrogens is 404 g/mol. The summed E-state index contributed by atoms with van der Waals surface area (Å²) in [4.78, 5) is 33.3. The third-order valence-corrected chi connectivity index (χ3v) is 5.47. The predicted octanol–water partition coefficient (Wildman–Crippen LogP) is 5.21. The zero-order valence-corrected chi connectivity index (χ0v) is 19.3. The molecule has 0 spiro atoms. The van der Waals surface area contributed by atoms with Gasteiger partial charge in [-0.05, 0) is 43.5 Å². The molecule has 32 heavy (non-hydrogen) atoms. The Labute approximate surface area is 189 Å². The highest BCUT2D eigenvalue weighted by atomic mass is 16.5. The van der Waals surface area contributed by atoms with Crippen LogP contribution in [-0.2, 0) is 6.54 Å². The number of nitrogens with one attached hydrogen (secondary N) is 1. The summed E-state index contributed by atoms with van der Waals surface area (Å²) in [6.45, 7) is 7.17. The number of benzene rings is 2. The van der Waals surface area contributed by atoms with Gasteiger partial charge in [0.15, 0.2) is 0 Å². The largest absolute Gasteiger partial charge is 0.495 e. The van der Waals surface area contributed by atoms with E-state index in [1.54, 1.807) is 28.7 Å². The molecule has 0 saturated carbocycles. The SMILES string of the molecule is CCCN(C(=O)Nc1ccccc1OC)C(CC)c1nc2ccccc2c(=O)n1CCC. The molecule has 1 heterocycles. The molecule has 1 atom stereocenters. The standard InChI is InChI=1S/C25H32N4O3/c1-5-16-28(25(31)27-20-14-10-11-15-22(20)32-4)21(7-3)23-26-19-13-9-8-12-18(19)24(30)29(23)17-6-2/h8-15,21H,5-7,16-17H2,1-4H3,(H,27,31). The number of ether oxygens (including phenoxy) is 1. The summed E-state index contributed by atoms with van der Waals surface area (Å²) in [5.41, 5.74) is 1.20. The van der Waals surface area contributed by atoms with Crippen LogP contribution in [-0.4, -0.2) is 34.1 Å². The molecule has 2 aromatic carbocycles. The maximum Gasteiger partial charge on any atom is 0.322 e. The number of fused-ring (bicyclic) bond motifs is 1. The number of rotatable bonds is 9. The molecular formula is C25H32N4O3. The highest BCUT2D eigenvalue weighted by molar-refractivity contribution is 5.91. The van der Waals surface area contributed by atoms with Crippen molar-refractivity contribution in [2.75, 3.05) is 19.0 Å². The Kier molecular flexibility index (Phi) is 7.87. The number of aromatic nitrogens is 2. The third-order valence-electron chi connectivity index (χ3n) is 5.47. The fourth-order valence-electron chi connectivity index (χ4n) is 4.00. The molecule has 0 aliphatic rings. The van der Waals surface area contributed by atoms with E-state index in [1.165, 1.54) is 0 Å². The second kappa shape index (κ2) is 10.8. The first-order chi connectivity index (χ1) is 15.5. The van der Waals surface area contributed by atoms with Gasteiger partial charge in [-0.15, -0.1) is 0 Å². The molecule has 3 rings (SSSR count). The van der Waals surface area contributed by atoms with Crippen LogP contribution >= 0.6 is 0 Å². The van der Waals surface area contributed by atoms with Crippen molar-refractivity contribution in [3.05, 3.63) is 64.7 Å². The molecule has 0 fully saturated rings. The maximum atomic E-state index is 13.4. The number of carbonyl (C=O) groups is 1. The molecule has 3 aromatic rings. The second-order valence-corrected chi connectivity index (χ2v) is 7.69. The first-order valence-corrected chi connectivity index (χ1v) is 11.3. The minimum atomic E-state index is -0.339. The number of hydrogen-bond donors (Lipinski definition) is 1. The lowest BCUT2D eigenvalue weighted by Gasteiger charge is -2.32. The summed E-state index contributed by atoms with van der Waals surface area (Å²) in [6, 6.07) is 14.1. The minimum Gasteiger partial charge on any atom is -0.495 e. The Bertz CT molecular complexity index is 1130. The van der Waals surface area contributed by atoms with Gasteiger partial charge in [0.25, 0.3) is 5.56 Å². The van der Waals surface area contributed by atoms with E-state index in [1.807, 2.05) is 57.2 Å². The van der Waals surface area contributed by atoms with Gasteiger partial charge in [0.05, 0.1) is 29.7 Å². The lowest BCUT2D eigenvalue weighted by molar-refractivity contribution is 0.179. The van der Waals surface area contributed by atoms with Crippen molar-refractivity contribution in [2.24, 2.45) is 0 Å². The van der Waals surface area contributed by atoms with E-state index < -0.39 is 0 Å². The van der Waals surface area contributed by atoms with Gasteiger partial charge < -0.3 is 15.0 Å². The Morgan fingerprint density at radius 2 is 1.81 bits per heavy atom. The van der Waals surface area contributed by atoms with Crippen LogP contribution in [0, 0.1) is 0 Å². The zero-order valence-electron chi connectivity index (χ0n) is 19.3. The van der Waals surface area contributed by atoms with Crippen molar-refractivity contribution in [1.29, 1.82) is 0 Å². The van der Waals surface area contributed by atoms with Crippen LogP contribution in [0.25, 0.3) is 10.9 Å². The normalized spacial score (nSPS) is 11.9. The predicted molar refractivity (Wildman–Crippen MR) is 128 cm³/mol. The van der Waals surface area contributed by atoms with Gasteiger partial charge in [0.2, 0.25) is 0 Å². The molecule has 7 heteroatoms. The molecule has 1 aromatic heterocycles. The van der Waals surface area contributed by atoms with Gasteiger partial charge >= 0.3 is 6.03 Å². The fraction of sp³-hybridized carbons (Fsp3) is 0.400. The summed E-state index contributed by atoms with van der Waals surface area (Å²) in [7, 11) is 1.58. The Balaban J connectivity index is 2.07. The lowest BCUT2D eigenvalue weighted by Crippen LogP contribution is -2.41. The van der Waals surface area contributed by atoms with E-state index in [4.69, 9.17) is 9.72 Å². The van der Waals surface area contributed by atoms with Gasteiger partial charge in [-0.3, -0.25) is 9.36 Å². The van der Waals surface area contributed by atoms with Crippen molar-refractivity contribution in [2.45, 2.75) is 52.6 Å². The molecule has 7 nitrogen and oxygen atoms in total. The van der Waals surface area contributed by atoms with E-state index in [0.29, 0.717) is 47.7 Å². The summed E-state index contributed by atoms with van der Waals surface area (Å²) >= 11 is 0. The van der Waals surface area contributed by atoms with E-state index >= 15 is 0 Å². The number of urea groups is 1. The molecule has 0 saturated heterocycles. The second-order valence-electron chi connectivity index (χ2n) is 7.69. The number of anilines is 1. The molecule has 1 N–H and O–H groups in total. The van der Waals surface area contributed by atoms with Gasteiger partial charge in [-0.1, -0.05) is 45.0 Å². The first-order valence-electron chi connectivity index (χ1n) is 11.3. The average molecular weight is 437 g/mol. The van der Waals surface area contributed by atoms with Crippen LogP contribution in [0.15, 0.2) is 53.3 Å². The maximum absolute atomic E-state index is 13.4. The van der Waals surface area contributed by atoms with Gasteiger partial charge in [0.1, 0.15) is 11.6 Å². The van der Waals surface area contributed by atoms with E-state index in [9.17, 15) is 9.59 Å². The molecule has 0 aliphatic carbocycles. The van der Waals surface area contributed by atoms with Gasteiger partial charge in [-0.25, -0.2) is 9.78 Å². The Hall–Kier alpha value is -3.35. The topological polar surface area (TPSA) is 76.5 Å². The molecule has 0 aliphatic heterocycles. The molecule has 0 bridgehead atoms. The molecule has 2 amide bonds. The number of hydrogen-bond acceptors (Lipinski definition) is 4. The summed E-state index contributed by atoms with van der Waals surface area (Å²) in [5.74, 6) is 1.22. The van der Waals surface area contributed by atoms with E-state index in [0.717, 1.165) is 12.8 Å². The minimum absolute atomic E-state index is 0.0625. The van der Waals surface area contributed by atoms with Crippen molar-refractivity contribution in [3.63, 3.8) is 0 Å². The van der Waals surface area contributed by atoms with Gasteiger partial charge in [0, 0.05) is 13.1 Å². The van der Waals surface area contributed by atoms with Crippen LogP contribution in [0.5, 0.6) is 5.75 Å². The molecule has 170 valence electrons. The first kappa shape index (κ1) is 23.3. The van der Waals surface area contributed by atoms with Crippen molar-refractivity contribution in [1.82, 2.24) is 14.5 Å². The quantitative estimate of drug-likeness (QED) is 0.499. The number of methoxy groups -OCH3 is 1. The lowest BCUT2D eigenvalue weighted by atomic mass is 10.1. The smallest absolute Gasteiger partial charge is 0.322 e. The Morgan fingerprint density at radius 1 is 1.09 bits per heavy atom. The highest BCUT2D eigenvalue weighted by Crippen LogP contribution is 2.28. The van der Waals surface area contributed by atoms with Crippen molar-refractivity contribution in [3.8, 4) is 5.75 Å². The van der Waals surface area contributed by atoms with Crippen LogP contribution in [0.1, 0.15) is 51.9 Å². The summed E-state index contributed by atoms with van der Waals surface area (Å²) in [5, 5.41) is 3.58. The number of nitrogens with zero attached hydrogens (tertiary/aromatic N) is 3. The van der Waals surface area contributed by atoms with Gasteiger partial charge in [-0.2, -0.15) is 0 Å². The van der Waals surface area contributed by atoms with Crippen LogP contribution < -0.4 is 15.6 Å².